The van der Waals surface area contributed by atoms with Crippen LogP contribution in [0.2, 0.25) is 0 Å². The Labute approximate surface area is 142 Å². The van der Waals surface area contributed by atoms with Crippen molar-refractivity contribution < 1.29 is 14.3 Å². The summed E-state index contributed by atoms with van der Waals surface area (Å²) < 4.78 is 5.59. The molecule has 118 valence electrons. The lowest BCUT2D eigenvalue weighted by molar-refractivity contribution is -0.168. The third-order valence-corrected chi connectivity index (χ3v) is 7.39. The molecule has 4 atom stereocenters. The second-order valence-corrected chi connectivity index (χ2v) is 10.00. The molecular formula is C17H19BrO3S. The molecule has 0 saturated heterocycles. The van der Waals surface area contributed by atoms with E-state index < -0.39 is 0 Å². The lowest BCUT2D eigenvalue weighted by Crippen LogP contribution is -2.56. The maximum Gasteiger partial charge on any atom is 0.312 e. The van der Waals surface area contributed by atoms with Crippen molar-refractivity contribution in [1.82, 2.24) is 0 Å². The van der Waals surface area contributed by atoms with Gasteiger partial charge in [0.2, 0.25) is 5.78 Å². The molecule has 1 aromatic heterocycles. The van der Waals surface area contributed by atoms with Crippen LogP contribution in [0.4, 0.5) is 0 Å². The molecule has 1 heterocycles. The van der Waals surface area contributed by atoms with Gasteiger partial charge in [-0.1, -0.05) is 22.0 Å². The molecule has 4 fully saturated rings. The van der Waals surface area contributed by atoms with E-state index >= 15 is 0 Å². The molecule has 5 heteroatoms. The summed E-state index contributed by atoms with van der Waals surface area (Å²) in [5.74, 6) is 1.04. The number of halogens is 1. The van der Waals surface area contributed by atoms with Gasteiger partial charge in [-0.25, -0.2) is 0 Å². The molecule has 4 aliphatic rings. The van der Waals surface area contributed by atoms with E-state index in [1.54, 1.807) is 6.07 Å². The van der Waals surface area contributed by atoms with Crippen LogP contribution in [0.15, 0.2) is 17.5 Å². The minimum atomic E-state index is -0.344. The highest BCUT2D eigenvalue weighted by Crippen LogP contribution is 2.64. The summed E-state index contributed by atoms with van der Waals surface area (Å²) in [5.41, 5.74) is -0.344. The second kappa shape index (κ2) is 5.17. The number of carbonyl (C=O) groups excluding carboxylic acids is 2. The molecule has 22 heavy (non-hydrogen) atoms. The second-order valence-electron chi connectivity index (χ2n) is 7.37. The number of ether oxygens (including phenoxy) is 1. The van der Waals surface area contributed by atoms with Gasteiger partial charge in [-0.15, -0.1) is 11.3 Å². The van der Waals surface area contributed by atoms with Crippen LogP contribution in [-0.4, -0.2) is 22.7 Å². The number of carbonyl (C=O) groups is 2. The van der Waals surface area contributed by atoms with Crippen molar-refractivity contribution in [3.8, 4) is 0 Å². The molecule has 0 aromatic carbocycles. The van der Waals surface area contributed by atoms with E-state index in [9.17, 15) is 9.59 Å². The van der Waals surface area contributed by atoms with Gasteiger partial charge in [0.25, 0.3) is 0 Å². The SMILES string of the molecule is O=C(COC(=O)C12C[C@@H]3C[C@@H](CC(Br)(C3)C1)C2)c1cccs1. The fraction of sp³-hybridized carbons (Fsp3) is 0.647. The number of rotatable bonds is 4. The molecule has 0 aliphatic heterocycles. The average molecular weight is 383 g/mol. The maximum atomic E-state index is 12.7. The number of ketones is 1. The van der Waals surface area contributed by atoms with Crippen molar-refractivity contribution in [3.63, 3.8) is 0 Å². The number of esters is 1. The highest BCUT2D eigenvalue weighted by atomic mass is 79.9. The smallest absolute Gasteiger partial charge is 0.312 e. The zero-order valence-electron chi connectivity index (χ0n) is 12.3. The molecule has 4 saturated carbocycles. The van der Waals surface area contributed by atoms with Gasteiger partial charge in [0.1, 0.15) is 0 Å². The highest BCUT2D eigenvalue weighted by Gasteiger charge is 2.60. The van der Waals surface area contributed by atoms with Crippen LogP contribution in [-0.2, 0) is 9.53 Å². The summed E-state index contributed by atoms with van der Waals surface area (Å²) in [6.07, 6.45) is 6.40. The normalized spacial score (nSPS) is 39.0. The predicted octanol–water partition coefficient (Wildman–Crippen LogP) is 4.21. The summed E-state index contributed by atoms with van der Waals surface area (Å²) in [7, 11) is 0. The summed E-state index contributed by atoms with van der Waals surface area (Å²) >= 11 is 5.29. The summed E-state index contributed by atoms with van der Waals surface area (Å²) in [5, 5.41) is 1.86. The monoisotopic (exact) mass is 382 g/mol. The number of Topliss-reactive ketones (excluding diaryl/α,β-unsaturated/α-hetero) is 1. The third-order valence-electron chi connectivity index (χ3n) is 5.55. The van der Waals surface area contributed by atoms with Gasteiger partial charge in [-0.2, -0.15) is 0 Å². The van der Waals surface area contributed by atoms with E-state index in [1.807, 2.05) is 11.4 Å². The third kappa shape index (κ3) is 2.46. The molecule has 5 rings (SSSR count). The Hall–Kier alpha value is -0.680. The molecule has 4 bridgehead atoms. The van der Waals surface area contributed by atoms with Crippen molar-refractivity contribution in [1.29, 1.82) is 0 Å². The van der Waals surface area contributed by atoms with E-state index in [0.29, 0.717) is 16.7 Å². The quantitative estimate of drug-likeness (QED) is 0.445. The minimum Gasteiger partial charge on any atom is -0.457 e. The fourth-order valence-corrected chi connectivity index (χ4v) is 7.29. The average Bonchev–Trinajstić information content (AvgIpc) is 2.95. The Balaban J connectivity index is 1.45. The summed E-state index contributed by atoms with van der Waals surface area (Å²) in [4.78, 5) is 25.4. The van der Waals surface area contributed by atoms with E-state index in [1.165, 1.54) is 30.6 Å². The van der Waals surface area contributed by atoms with Crippen LogP contribution in [0, 0.1) is 17.3 Å². The summed E-state index contributed by atoms with van der Waals surface area (Å²) in [6, 6.07) is 3.62. The number of alkyl halides is 1. The van der Waals surface area contributed by atoms with Gasteiger partial charge < -0.3 is 4.74 Å². The van der Waals surface area contributed by atoms with Crippen molar-refractivity contribution >= 4 is 39.0 Å². The van der Waals surface area contributed by atoms with Crippen LogP contribution in [0.3, 0.4) is 0 Å². The lowest BCUT2D eigenvalue weighted by atomic mass is 9.49. The van der Waals surface area contributed by atoms with E-state index in [-0.39, 0.29) is 28.1 Å². The highest BCUT2D eigenvalue weighted by molar-refractivity contribution is 9.10. The first kappa shape index (κ1) is 14.9. The van der Waals surface area contributed by atoms with Gasteiger partial charge in [-0.05, 0) is 61.8 Å². The first-order chi connectivity index (χ1) is 10.5. The standard InChI is InChI=1S/C17H19BrO3S/c18-17-7-11-4-12(8-17)6-16(5-11,10-17)15(20)21-9-13(19)14-2-1-3-22-14/h1-3,11-12H,4-10H2/t11-,12+,16?,17?. The first-order valence-electron chi connectivity index (χ1n) is 7.91. The van der Waals surface area contributed by atoms with Crippen LogP contribution < -0.4 is 0 Å². The Morgan fingerprint density at radius 1 is 1.27 bits per heavy atom. The molecule has 0 spiro atoms. The Morgan fingerprint density at radius 2 is 2.00 bits per heavy atom. The van der Waals surface area contributed by atoms with Crippen LogP contribution in [0.5, 0.6) is 0 Å². The van der Waals surface area contributed by atoms with Gasteiger partial charge >= 0.3 is 5.97 Å². The molecule has 4 aliphatic carbocycles. The van der Waals surface area contributed by atoms with Crippen LogP contribution in [0.25, 0.3) is 0 Å². The zero-order chi connectivity index (χ0) is 15.4. The molecule has 2 unspecified atom stereocenters. The van der Waals surface area contributed by atoms with E-state index in [0.717, 1.165) is 19.3 Å². The van der Waals surface area contributed by atoms with Gasteiger partial charge in [0.15, 0.2) is 6.61 Å². The van der Waals surface area contributed by atoms with E-state index in [2.05, 4.69) is 15.9 Å². The van der Waals surface area contributed by atoms with Crippen molar-refractivity contribution in [2.75, 3.05) is 6.61 Å². The van der Waals surface area contributed by atoms with Gasteiger partial charge in [0, 0.05) is 4.32 Å². The van der Waals surface area contributed by atoms with Crippen molar-refractivity contribution in [3.05, 3.63) is 22.4 Å². The Kier molecular flexibility index (Phi) is 3.49. The Bertz CT molecular complexity index is 595. The predicted molar refractivity (Wildman–Crippen MR) is 88.4 cm³/mol. The van der Waals surface area contributed by atoms with Crippen LogP contribution in [0.1, 0.15) is 48.2 Å². The minimum absolute atomic E-state index is 0.0957. The van der Waals surface area contributed by atoms with E-state index in [4.69, 9.17) is 4.74 Å². The van der Waals surface area contributed by atoms with Crippen molar-refractivity contribution in [2.24, 2.45) is 17.3 Å². The molecule has 3 nitrogen and oxygen atoms in total. The number of hydrogen-bond donors (Lipinski definition) is 0. The van der Waals surface area contributed by atoms with Gasteiger partial charge in [-0.3, -0.25) is 9.59 Å². The lowest BCUT2D eigenvalue weighted by Gasteiger charge is -2.58. The summed E-state index contributed by atoms with van der Waals surface area (Å²) in [6.45, 7) is -0.119. The largest absolute Gasteiger partial charge is 0.457 e. The molecule has 1 aromatic rings. The number of hydrogen-bond acceptors (Lipinski definition) is 4. The van der Waals surface area contributed by atoms with Crippen LogP contribution >= 0.6 is 27.3 Å². The fourth-order valence-electron chi connectivity index (χ4n) is 5.18. The Morgan fingerprint density at radius 3 is 2.59 bits per heavy atom. The zero-order valence-corrected chi connectivity index (χ0v) is 14.7. The number of thiophene rings is 1. The first-order valence-corrected chi connectivity index (χ1v) is 9.58. The topological polar surface area (TPSA) is 43.4 Å². The molecule has 0 amide bonds. The molecule has 0 radical (unpaired) electrons. The van der Waals surface area contributed by atoms with Crippen molar-refractivity contribution in [2.45, 2.75) is 42.8 Å². The maximum absolute atomic E-state index is 12.7. The molecule has 0 N–H and O–H groups in total. The molecular weight excluding hydrogens is 364 g/mol. The van der Waals surface area contributed by atoms with Gasteiger partial charge in [0.05, 0.1) is 10.3 Å².